The Hall–Kier alpha value is -1.67. The highest BCUT2D eigenvalue weighted by molar-refractivity contribution is 9.10. The normalized spacial score (nSPS) is 11.0. The predicted octanol–water partition coefficient (Wildman–Crippen LogP) is 4.50. The Morgan fingerprint density at radius 1 is 0.963 bits per heavy atom. The Morgan fingerprint density at radius 2 is 1.67 bits per heavy atom. The fourth-order valence-electron chi connectivity index (χ4n) is 2.50. The van der Waals surface area contributed by atoms with Crippen LogP contribution in [0.5, 0.6) is 11.5 Å². The molecule has 0 spiro atoms. The standard InChI is InChI=1S/C19H29BrN4O3/c1-4-6-11-26-17-14-18(27-12-7-5-2)16(20)13-15(17)19-21-22-23-24(19)9-8-10-25-3/h13-14H,4-12H2,1-3H3. The molecule has 1 aromatic heterocycles. The fourth-order valence-corrected chi connectivity index (χ4v) is 2.96. The topological polar surface area (TPSA) is 71.3 Å². The van der Waals surface area contributed by atoms with Crippen LogP contribution in [0.15, 0.2) is 16.6 Å². The molecule has 0 aliphatic carbocycles. The zero-order valence-electron chi connectivity index (χ0n) is 16.4. The summed E-state index contributed by atoms with van der Waals surface area (Å²) in [6.45, 7) is 6.94. The molecule has 0 bridgehead atoms. The van der Waals surface area contributed by atoms with Crippen molar-refractivity contribution in [3.05, 3.63) is 16.6 Å². The zero-order chi connectivity index (χ0) is 19.5. The van der Waals surface area contributed by atoms with E-state index in [9.17, 15) is 0 Å². The largest absolute Gasteiger partial charge is 0.493 e. The second-order valence-corrected chi connectivity index (χ2v) is 7.11. The molecule has 0 N–H and O–H groups in total. The van der Waals surface area contributed by atoms with Crippen molar-refractivity contribution in [3.8, 4) is 22.9 Å². The van der Waals surface area contributed by atoms with Crippen molar-refractivity contribution in [1.29, 1.82) is 0 Å². The Balaban J connectivity index is 2.30. The van der Waals surface area contributed by atoms with E-state index in [-0.39, 0.29) is 0 Å². The first-order chi connectivity index (χ1) is 13.2. The third-order valence-electron chi connectivity index (χ3n) is 4.04. The number of methoxy groups -OCH3 is 1. The van der Waals surface area contributed by atoms with E-state index in [1.165, 1.54) is 0 Å². The lowest BCUT2D eigenvalue weighted by Crippen LogP contribution is -2.07. The van der Waals surface area contributed by atoms with Gasteiger partial charge in [0.25, 0.3) is 0 Å². The van der Waals surface area contributed by atoms with E-state index in [4.69, 9.17) is 14.2 Å². The van der Waals surface area contributed by atoms with Crippen LogP contribution in [0.3, 0.4) is 0 Å². The Bertz CT molecular complexity index is 694. The summed E-state index contributed by atoms with van der Waals surface area (Å²) >= 11 is 3.61. The molecule has 0 saturated heterocycles. The second kappa shape index (κ2) is 11.9. The molecule has 150 valence electrons. The van der Waals surface area contributed by atoms with Crippen molar-refractivity contribution < 1.29 is 14.2 Å². The number of rotatable bonds is 13. The van der Waals surface area contributed by atoms with Gasteiger partial charge >= 0.3 is 0 Å². The van der Waals surface area contributed by atoms with Gasteiger partial charge in [-0.05, 0) is 51.7 Å². The van der Waals surface area contributed by atoms with Crippen LogP contribution in [0, 0.1) is 0 Å². The van der Waals surface area contributed by atoms with E-state index in [1.54, 1.807) is 11.8 Å². The first kappa shape index (κ1) is 21.6. The van der Waals surface area contributed by atoms with E-state index < -0.39 is 0 Å². The molecule has 0 atom stereocenters. The number of aryl methyl sites for hydroxylation is 1. The Morgan fingerprint density at radius 3 is 2.33 bits per heavy atom. The minimum Gasteiger partial charge on any atom is -0.493 e. The summed E-state index contributed by atoms with van der Waals surface area (Å²) in [6.07, 6.45) is 4.99. The average Bonchev–Trinajstić information content (AvgIpc) is 3.12. The zero-order valence-corrected chi connectivity index (χ0v) is 18.0. The number of unbranched alkanes of at least 4 members (excludes halogenated alkanes) is 2. The molecule has 0 saturated carbocycles. The molecular weight excluding hydrogens is 412 g/mol. The summed E-state index contributed by atoms with van der Waals surface area (Å²) in [4.78, 5) is 0. The van der Waals surface area contributed by atoms with Crippen molar-refractivity contribution in [1.82, 2.24) is 20.2 Å². The number of halogens is 1. The number of nitrogens with zero attached hydrogens (tertiary/aromatic N) is 4. The van der Waals surface area contributed by atoms with E-state index in [1.807, 2.05) is 12.1 Å². The molecule has 0 amide bonds. The minimum atomic E-state index is 0.644. The third-order valence-corrected chi connectivity index (χ3v) is 4.66. The van der Waals surface area contributed by atoms with Crippen LogP contribution in [-0.4, -0.2) is 47.1 Å². The highest BCUT2D eigenvalue weighted by Gasteiger charge is 2.18. The molecule has 0 radical (unpaired) electrons. The highest BCUT2D eigenvalue weighted by Crippen LogP contribution is 2.38. The number of tetrazole rings is 1. The van der Waals surface area contributed by atoms with Crippen LogP contribution in [0.1, 0.15) is 46.0 Å². The van der Waals surface area contributed by atoms with Crippen molar-refractivity contribution in [2.75, 3.05) is 26.9 Å². The lowest BCUT2D eigenvalue weighted by molar-refractivity contribution is 0.189. The molecule has 1 aromatic carbocycles. The van der Waals surface area contributed by atoms with Crippen LogP contribution in [-0.2, 0) is 11.3 Å². The maximum absolute atomic E-state index is 6.05. The number of hydrogen-bond acceptors (Lipinski definition) is 6. The molecule has 0 aliphatic heterocycles. The van der Waals surface area contributed by atoms with Crippen molar-refractivity contribution >= 4 is 15.9 Å². The van der Waals surface area contributed by atoms with E-state index in [0.29, 0.717) is 32.2 Å². The van der Waals surface area contributed by atoms with Gasteiger partial charge in [0.05, 0.1) is 23.2 Å². The summed E-state index contributed by atoms with van der Waals surface area (Å²) in [6, 6.07) is 3.90. The maximum Gasteiger partial charge on any atom is 0.185 e. The van der Waals surface area contributed by atoms with Crippen molar-refractivity contribution in [2.24, 2.45) is 0 Å². The summed E-state index contributed by atoms with van der Waals surface area (Å²) in [7, 11) is 1.69. The smallest absolute Gasteiger partial charge is 0.185 e. The first-order valence-electron chi connectivity index (χ1n) is 9.55. The van der Waals surface area contributed by atoms with Gasteiger partial charge in [0, 0.05) is 26.3 Å². The quantitative estimate of drug-likeness (QED) is 0.427. The maximum atomic E-state index is 6.05. The minimum absolute atomic E-state index is 0.644. The molecule has 8 heteroatoms. The van der Waals surface area contributed by atoms with Gasteiger partial charge in [-0.1, -0.05) is 26.7 Å². The van der Waals surface area contributed by atoms with Gasteiger partial charge in [-0.3, -0.25) is 0 Å². The fraction of sp³-hybridized carbons (Fsp3) is 0.632. The highest BCUT2D eigenvalue weighted by atomic mass is 79.9. The SMILES string of the molecule is CCCCOc1cc(OCCCC)c(-c2nnnn2CCCOC)cc1Br. The summed E-state index contributed by atoms with van der Waals surface area (Å²) in [5, 5.41) is 12.2. The molecule has 2 rings (SSSR count). The molecule has 2 aromatic rings. The van der Waals surface area contributed by atoms with Gasteiger partial charge in [-0.25, -0.2) is 4.68 Å². The van der Waals surface area contributed by atoms with Crippen LogP contribution < -0.4 is 9.47 Å². The third kappa shape index (κ3) is 6.46. The van der Waals surface area contributed by atoms with E-state index >= 15 is 0 Å². The summed E-state index contributed by atoms with van der Waals surface area (Å²) in [5.41, 5.74) is 0.850. The van der Waals surface area contributed by atoms with Crippen LogP contribution in [0.2, 0.25) is 0 Å². The van der Waals surface area contributed by atoms with Crippen LogP contribution in [0.4, 0.5) is 0 Å². The summed E-state index contributed by atoms with van der Waals surface area (Å²) in [5.74, 6) is 2.19. The number of ether oxygens (including phenoxy) is 3. The number of hydrogen-bond donors (Lipinski definition) is 0. The van der Waals surface area contributed by atoms with Crippen LogP contribution in [0.25, 0.3) is 11.4 Å². The lowest BCUT2D eigenvalue weighted by atomic mass is 10.1. The van der Waals surface area contributed by atoms with Crippen molar-refractivity contribution in [2.45, 2.75) is 52.5 Å². The molecule has 1 heterocycles. The second-order valence-electron chi connectivity index (χ2n) is 6.25. The summed E-state index contributed by atoms with van der Waals surface area (Å²) < 4.78 is 19.7. The van der Waals surface area contributed by atoms with Crippen LogP contribution >= 0.6 is 15.9 Å². The van der Waals surface area contributed by atoms with Gasteiger partial charge in [0.15, 0.2) is 5.82 Å². The molecule has 7 nitrogen and oxygen atoms in total. The van der Waals surface area contributed by atoms with Gasteiger partial charge in [-0.2, -0.15) is 0 Å². The number of aromatic nitrogens is 4. The lowest BCUT2D eigenvalue weighted by Gasteiger charge is -2.15. The Labute approximate surface area is 169 Å². The molecule has 27 heavy (non-hydrogen) atoms. The van der Waals surface area contributed by atoms with Gasteiger partial charge in [0.2, 0.25) is 0 Å². The van der Waals surface area contributed by atoms with Gasteiger partial charge in [-0.15, -0.1) is 5.10 Å². The van der Waals surface area contributed by atoms with Gasteiger partial charge < -0.3 is 14.2 Å². The monoisotopic (exact) mass is 440 g/mol. The molecule has 0 aliphatic rings. The number of benzene rings is 1. The molecule has 0 unspecified atom stereocenters. The predicted molar refractivity (Wildman–Crippen MR) is 108 cm³/mol. The van der Waals surface area contributed by atoms with E-state index in [2.05, 4.69) is 45.3 Å². The van der Waals surface area contributed by atoms with Crippen molar-refractivity contribution in [3.63, 3.8) is 0 Å². The molecule has 0 fully saturated rings. The van der Waals surface area contributed by atoms with E-state index in [0.717, 1.165) is 53.6 Å². The first-order valence-corrected chi connectivity index (χ1v) is 10.3. The molecular formula is C19H29BrN4O3. The Kier molecular flexibility index (Phi) is 9.55. The average molecular weight is 441 g/mol. The van der Waals surface area contributed by atoms with Gasteiger partial charge in [0.1, 0.15) is 11.5 Å².